The fraction of sp³-hybridized carbons (Fsp3) is 0.188. The summed E-state index contributed by atoms with van der Waals surface area (Å²) >= 11 is 0. The first-order valence-corrected chi connectivity index (χ1v) is 8.63. The molecule has 0 unspecified atom stereocenters. The quantitative estimate of drug-likeness (QED) is 0.779. The molecule has 1 heterocycles. The van der Waals surface area contributed by atoms with E-state index in [4.69, 9.17) is 0 Å². The van der Waals surface area contributed by atoms with E-state index < -0.39 is 10.0 Å². The van der Waals surface area contributed by atoms with Crippen molar-refractivity contribution in [2.75, 3.05) is 10.0 Å². The number of hydrogen-bond acceptors (Lipinski definition) is 6. The molecule has 2 N–H and O–H groups in total. The van der Waals surface area contributed by atoms with Crippen molar-refractivity contribution >= 4 is 27.4 Å². The van der Waals surface area contributed by atoms with Crippen molar-refractivity contribution in [1.82, 2.24) is 9.97 Å². The number of sulfonamides is 1. The van der Waals surface area contributed by atoms with Gasteiger partial charge >= 0.3 is 0 Å². The molecule has 1 aromatic carbocycles. The Hall–Kier alpha value is -2.74. The van der Waals surface area contributed by atoms with E-state index in [1.54, 1.807) is 32.0 Å². The Balaban J connectivity index is 2.15. The van der Waals surface area contributed by atoms with Gasteiger partial charge in [-0.1, -0.05) is 0 Å². The second kappa shape index (κ2) is 7.22. The predicted molar refractivity (Wildman–Crippen MR) is 92.2 cm³/mol. The van der Waals surface area contributed by atoms with Crippen LogP contribution in [-0.2, 0) is 14.8 Å². The number of aromatic nitrogens is 2. The topological polar surface area (TPSA) is 101 Å². The van der Waals surface area contributed by atoms with E-state index in [2.05, 4.69) is 20.0 Å². The summed E-state index contributed by atoms with van der Waals surface area (Å²) < 4.78 is 27.1. The monoisotopic (exact) mass is 346 g/mol. The highest BCUT2D eigenvalue weighted by Crippen LogP contribution is 2.17. The molecule has 0 aliphatic carbocycles. The zero-order valence-electron chi connectivity index (χ0n) is 13.6. The largest absolute Gasteiger partial charge is 0.362 e. The third kappa shape index (κ3) is 4.88. The third-order valence-electron chi connectivity index (χ3n) is 2.94. The Morgan fingerprint density at radius 1 is 1.08 bits per heavy atom. The van der Waals surface area contributed by atoms with E-state index in [0.29, 0.717) is 17.1 Å². The van der Waals surface area contributed by atoms with Crippen LogP contribution in [0.3, 0.4) is 0 Å². The van der Waals surface area contributed by atoms with Gasteiger partial charge in [0, 0.05) is 23.3 Å². The molecular formula is C16H18N4O3S. The maximum Gasteiger partial charge on any atom is 0.264 e. The summed E-state index contributed by atoms with van der Waals surface area (Å²) in [4.78, 5) is 19.0. The van der Waals surface area contributed by atoms with Gasteiger partial charge in [-0.05, 0) is 57.2 Å². The van der Waals surface area contributed by atoms with E-state index >= 15 is 0 Å². The van der Waals surface area contributed by atoms with Crippen LogP contribution in [0.15, 0.2) is 47.5 Å². The molecular weight excluding hydrogens is 328 g/mol. The van der Waals surface area contributed by atoms with E-state index in [-0.39, 0.29) is 16.6 Å². The number of nitrogens with one attached hydrogen (secondary N) is 2. The van der Waals surface area contributed by atoms with Crippen LogP contribution in [0.2, 0.25) is 0 Å². The zero-order chi connectivity index (χ0) is 17.7. The molecule has 0 aliphatic heterocycles. The Morgan fingerprint density at radius 3 is 2.21 bits per heavy atom. The van der Waals surface area contributed by atoms with Crippen LogP contribution >= 0.6 is 0 Å². The van der Waals surface area contributed by atoms with Crippen molar-refractivity contribution < 1.29 is 13.2 Å². The maximum absolute atomic E-state index is 12.4. The lowest BCUT2D eigenvalue weighted by Crippen LogP contribution is -2.15. The summed E-state index contributed by atoms with van der Waals surface area (Å²) in [7, 11) is -3.77. The summed E-state index contributed by atoms with van der Waals surface area (Å²) in [6, 6.07) is 7.86. The van der Waals surface area contributed by atoms with Crippen LogP contribution in [-0.4, -0.2) is 24.2 Å². The van der Waals surface area contributed by atoms with Crippen molar-refractivity contribution in [1.29, 1.82) is 0 Å². The minimum absolute atomic E-state index is 0.0408. The summed E-state index contributed by atoms with van der Waals surface area (Å²) in [6.07, 6.45) is 2.87. The van der Waals surface area contributed by atoms with Gasteiger partial charge in [0.1, 0.15) is 0 Å². The number of carbonyl (C=O) groups is 1. The van der Waals surface area contributed by atoms with Gasteiger partial charge in [-0.2, -0.15) is 0 Å². The second-order valence-corrected chi connectivity index (χ2v) is 6.87. The summed E-state index contributed by atoms with van der Waals surface area (Å²) in [6.45, 7) is 4.97. The number of hydrogen-bond donors (Lipinski definition) is 2. The third-order valence-corrected chi connectivity index (χ3v) is 4.28. The number of rotatable bonds is 6. The zero-order valence-corrected chi connectivity index (χ0v) is 14.4. The van der Waals surface area contributed by atoms with Crippen LogP contribution in [0.25, 0.3) is 0 Å². The number of anilines is 2. The lowest BCUT2D eigenvalue weighted by Gasteiger charge is -2.08. The molecule has 0 amide bonds. The first-order valence-electron chi connectivity index (χ1n) is 7.15. The highest BCUT2D eigenvalue weighted by Gasteiger charge is 2.15. The van der Waals surface area contributed by atoms with Crippen molar-refractivity contribution in [2.45, 2.75) is 25.7 Å². The van der Waals surface area contributed by atoms with E-state index in [1.807, 2.05) is 0 Å². The normalized spacial score (nSPS) is 11.5. The molecule has 126 valence electrons. The van der Waals surface area contributed by atoms with Crippen LogP contribution in [0.4, 0.5) is 11.6 Å². The van der Waals surface area contributed by atoms with Gasteiger partial charge in [0.05, 0.1) is 4.90 Å². The van der Waals surface area contributed by atoms with Crippen molar-refractivity contribution in [3.8, 4) is 0 Å². The lowest BCUT2D eigenvalue weighted by molar-refractivity contribution is -0.112. The fourth-order valence-electron chi connectivity index (χ4n) is 1.94. The predicted octanol–water partition coefficient (Wildman–Crippen LogP) is 2.41. The molecule has 0 spiro atoms. The molecule has 0 aliphatic rings. The Bertz CT molecular complexity index is 854. The average molecular weight is 346 g/mol. The van der Waals surface area contributed by atoms with E-state index in [0.717, 1.165) is 0 Å². The Labute approximate surface area is 140 Å². The molecule has 0 saturated heterocycles. The minimum atomic E-state index is -3.77. The molecule has 24 heavy (non-hydrogen) atoms. The average Bonchev–Trinajstić information content (AvgIpc) is 2.45. The van der Waals surface area contributed by atoms with Gasteiger partial charge in [0.15, 0.2) is 5.78 Å². The van der Waals surface area contributed by atoms with Crippen LogP contribution < -0.4 is 10.0 Å². The van der Waals surface area contributed by atoms with Gasteiger partial charge in [0.25, 0.3) is 10.0 Å². The highest BCUT2D eigenvalue weighted by molar-refractivity contribution is 7.92. The number of benzene rings is 1. The molecule has 1 aromatic heterocycles. The van der Waals surface area contributed by atoms with Crippen LogP contribution in [0.1, 0.15) is 18.3 Å². The number of allylic oxidation sites excluding steroid dienone is 1. The second-order valence-electron chi connectivity index (χ2n) is 5.19. The molecule has 0 saturated carbocycles. The number of nitrogens with zero attached hydrogens (tertiary/aromatic N) is 2. The van der Waals surface area contributed by atoms with Gasteiger partial charge in [-0.15, -0.1) is 0 Å². The Morgan fingerprint density at radius 2 is 1.67 bits per heavy atom. The van der Waals surface area contributed by atoms with Gasteiger partial charge in [-0.3, -0.25) is 4.79 Å². The van der Waals surface area contributed by atoms with E-state index in [9.17, 15) is 13.2 Å². The smallest absolute Gasteiger partial charge is 0.264 e. The number of ketones is 1. The summed E-state index contributed by atoms with van der Waals surface area (Å²) in [5.41, 5.74) is 2.02. The Kier molecular flexibility index (Phi) is 5.30. The maximum atomic E-state index is 12.4. The summed E-state index contributed by atoms with van der Waals surface area (Å²) in [5.74, 6) is -0.0431. The van der Waals surface area contributed by atoms with Crippen molar-refractivity contribution in [3.05, 3.63) is 54.0 Å². The molecule has 0 bridgehead atoms. The SMILES string of the molecule is CC(=O)/C=C/Nc1ccc(S(=O)(=O)Nc2nc(C)cc(C)n2)cc1. The van der Waals surface area contributed by atoms with Gasteiger partial charge < -0.3 is 5.32 Å². The molecule has 0 fully saturated rings. The van der Waals surface area contributed by atoms with Gasteiger partial charge in [0.2, 0.25) is 5.95 Å². The van der Waals surface area contributed by atoms with Crippen molar-refractivity contribution in [2.24, 2.45) is 0 Å². The highest BCUT2D eigenvalue weighted by atomic mass is 32.2. The molecule has 2 aromatic rings. The van der Waals surface area contributed by atoms with E-state index in [1.165, 1.54) is 31.3 Å². The molecule has 7 nitrogen and oxygen atoms in total. The first-order chi connectivity index (χ1) is 11.3. The molecule has 0 atom stereocenters. The summed E-state index contributed by atoms with van der Waals surface area (Å²) in [5, 5.41) is 2.88. The minimum Gasteiger partial charge on any atom is -0.362 e. The van der Waals surface area contributed by atoms with Crippen molar-refractivity contribution in [3.63, 3.8) is 0 Å². The fourth-order valence-corrected chi connectivity index (χ4v) is 2.88. The van der Waals surface area contributed by atoms with Crippen LogP contribution in [0, 0.1) is 13.8 Å². The number of aryl methyl sites for hydroxylation is 2. The lowest BCUT2D eigenvalue weighted by atomic mass is 10.3. The standard InChI is InChI=1S/C16H18N4O3S/c1-11-10-12(2)19-16(18-11)20-24(22,23)15-6-4-14(5-7-15)17-9-8-13(3)21/h4-10,17H,1-3H3,(H,18,19,20)/b9-8+. The van der Waals surface area contributed by atoms with Crippen LogP contribution in [0.5, 0.6) is 0 Å². The van der Waals surface area contributed by atoms with Gasteiger partial charge in [-0.25, -0.2) is 23.1 Å². The molecule has 2 rings (SSSR count). The molecule has 0 radical (unpaired) electrons. The number of carbonyl (C=O) groups excluding carboxylic acids is 1. The molecule has 8 heteroatoms. The first kappa shape index (κ1) is 17.6.